The summed E-state index contributed by atoms with van der Waals surface area (Å²) in [5.41, 5.74) is 0. The van der Waals surface area contributed by atoms with Crippen molar-refractivity contribution in [3.8, 4) is 0 Å². The van der Waals surface area contributed by atoms with E-state index in [-0.39, 0.29) is 11.9 Å². The maximum absolute atomic E-state index is 11.4. The van der Waals surface area contributed by atoms with Crippen LogP contribution in [0, 0.1) is 0 Å². The van der Waals surface area contributed by atoms with E-state index in [1.807, 2.05) is 13.8 Å². The van der Waals surface area contributed by atoms with Crippen molar-refractivity contribution in [2.75, 3.05) is 13.2 Å². The quantitative estimate of drug-likeness (QED) is 0.739. The smallest absolute Gasteiger partial charge is 0.234 e. The maximum Gasteiger partial charge on any atom is 0.234 e. The molecule has 0 aromatic rings. The van der Waals surface area contributed by atoms with Gasteiger partial charge in [0.25, 0.3) is 0 Å². The molecule has 16 heavy (non-hydrogen) atoms. The first-order valence-corrected chi connectivity index (χ1v) is 6.26. The first kappa shape index (κ1) is 13.5. The Kier molecular flexibility index (Phi) is 5.77. The molecule has 0 bridgehead atoms. The highest BCUT2D eigenvalue weighted by Crippen LogP contribution is 2.15. The van der Waals surface area contributed by atoms with Crippen molar-refractivity contribution < 1.29 is 9.53 Å². The van der Waals surface area contributed by atoms with Gasteiger partial charge in [0.2, 0.25) is 5.91 Å². The third-order valence-corrected chi connectivity index (χ3v) is 2.82. The van der Waals surface area contributed by atoms with E-state index in [1.54, 1.807) is 0 Å². The molecule has 94 valence electrons. The minimum absolute atomic E-state index is 0.0783. The van der Waals surface area contributed by atoms with E-state index >= 15 is 0 Å². The highest BCUT2D eigenvalue weighted by molar-refractivity contribution is 5.78. The van der Waals surface area contributed by atoms with Gasteiger partial charge in [0.15, 0.2) is 0 Å². The van der Waals surface area contributed by atoms with Crippen LogP contribution in [0.1, 0.15) is 40.0 Å². The van der Waals surface area contributed by atoms with Crippen molar-refractivity contribution in [1.29, 1.82) is 0 Å². The summed E-state index contributed by atoms with van der Waals surface area (Å²) in [5.74, 6) is 0.0783. The molecule has 2 atom stereocenters. The molecule has 0 aromatic carbocycles. The Morgan fingerprint density at radius 3 is 2.88 bits per heavy atom. The van der Waals surface area contributed by atoms with Crippen LogP contribution in [0.4, 0.5) is 0 Å². The number of rotatable bonds is 5. The zero-order valence-electron chi connectivity index (χ0n) is 10.6. The molecule has 0 spiro atoms. The van der Waals surface area contributed by atoms with Crippen LogP contribution in [-0.2, 0) is 9.53 Å². The second-order valence-corrected chi connectivity index (χ2v) is 4.73. The summed E-state index contributed by atoms with van der Waals surface area (Å²) in [4.78, 5) is 11.4. The van der Waals surface area contributed by atoms with E-state index in [0.29, 0.717) is 18.7 Å². The summed E-state index contributed by atoms with van der Waals surface area (Å²) in [6.07, 6.45) is 3.44. The number of hydrogen-bond acceptors (Lipinski definition) is 3. The largest absolute Gasteiger partial charge is 0.378 e. The van der Waals surface area contributed by atoms with Gasteiger partial charge < -0.3 is 15.4 Å². The Balaban J connectivity index is 2.19. The lowest BCUT2D eigenvalue weighted by molar-refractivity contribution is -0.121. The second-order valence-electron chi connectivity index (χ2n) is 4.73. The molecule has 0 aromatic heterocycles. The van der Waals surface area contributed by atoms with Gasteiger partial charge >= 0.3 is 0 Å². The van der Waals surface area contributed by atoms with Gasteiger partial charge in [-0.15, -0.1) is 0 Å². The molecule has 0 saturated carbocycles. The Labute approximate surface area is 98.1 Å². The summed E-state index contributed by atoms with van der Waals surface area (Å²) in [5, 5.41) is 6.17. The van der Waals surface area contributed by atoms with Crippen LogP contribution in [0.3, 0.4) is 0 Å². The predicted molar refractivity (Wildman–Crippen MR) is 64.3 cm³/mol. The Morgan fingerprint density at radius 2 is 2.25 bits per heavy atom. The number of carbonyl (C=O) groups is 1. The standard InChI is InChI=1S/C12H24N2O2/c1-4-11-7-10(5-6-16-11)13-8-12(15)14-9(2)3/h9-11,13H,4-8H2,1-3H3,(H,14,15). The molecule has 0 aliphatic carbocycles. The molecular weight excluding hydrogens is 204 g/mol. The van der Waals surface area contributed by atoms with Crippen LogP contribution < -0.4 is 10.6 Å². The molecular formula is C12H24N2O2. The number of nitrogens with one attached hydrogen (secondary N) is 2. The predicted octanol–water partition coefficient (Wildman–Crippen LogP) is 1.06. The molecule has 1 saturated heterocycles. The maximum atomic E-state index is 11.4. The van der Waals surface area contributed by atoms with Crippen LogP contribution in [0.15, 0.2) is 0 Å². The average Bonchev–Trinajstić information content (AvgIpc) is 2.26. The third kappa shape index (κ3) is 4.94. The fraction of sp³-hybridized carbons (Fsp3) is 0.917. The zero-order valence-corrected chi connectivity index (χ0v) is 10.6. The Morgan fingerprint density at radius 1 is 1.50 bits per heavy atom. The third-order valence-electron chi connectivity index (χ3n) is 2.82. The summed E-state index contributed by atoms with van der Waals surface area (Å²) >= 11 is 0. The molecule has 4 heteroatoms. The summed E-state index contributed by atoms with van der Waals surface area (Å²) in [6.45, 7) is 7.30. The SMILES string of the molecule is CCC1CC(NCC(=O)NC(C)C)CCO1. The Bertz CT molecular complexity index is 219. The van der Waals surface area contributed by atoms with Gasteiger partial charge in [-0.2, -0.15) is 0 Å². The lowest BCUT2D eigenvalue weighted by Crippen LogP contribution is -2.44. The van der Waals surface area contributed by atoms with E-state index in [4.69, 9.17) is 4.74 Å². The Hall–Kier alpha value is -0.610. The van der Waals surface area contributed by atoms with Gasteiger partial charge in [-0.05, 0) is 33.1 Å². The van der Waals surface area contributed by atoms with Crippen molar-refractivity contribution in [2.45, 2.75) is 58.2 Å². The molecule has 1 aliphatic rings. The molecule has 2 unspecified atom stereocenters. The monoisotopic (exact) mass is 228 g/mol. The fourth-order valence-corrected chi connectivity index (χ4v) is 1.96. The normalized spacial score (nSPS) is 25.8. The summed E-state index contributed by atoms with van der Waals surface area (Å²) in [6, 6.07) is 0.643. The number of carbonyl (C=O) groups excluding carboxylic acids is 1. The van der Waals surface area contributed by atoms with Gasteiger partial charge in [-0.25, -0.2) is 0 Å². The van der Waals surface area contributed by atoms with Crippen LogP contribution >= 0.6 is 0 Å². The molecule has 4 nitrogen and oxygen atoms in total. The van der Waals surface area contributed by atoms with Crippen molar-refractivity contribution in [1.82, 2.24) is 10.6 Å². The molecule has 1 aliphatic heterocycles. The van der Waals surface area contributed by atoms with Crippen LogP contribution in [0.5, 0.6) is 0 Å². The molecule has 2 N–H and O–H groups in total. The molecule has 1 fully saturated rings. The minimum Gasteiger partial charge on any atom is -0.378 e. The van der Waals surface area contributed by atoms with Crippen molar-refractivity contribution in [3.05, 3.63) is 0 Å². The molecule has 1 amide bonds. The molecule has 1 heterocycles. The molecule has 0 radical (unpaired) electrons. The van der Waals surface area contributed by atoms with E-state index in [9.17, 15) is 4.79 Å². The average molecular weight is 228 g/mol. The van der Waals surface area contributed by atoms with Gasteiger partial charge in [0.05, 0.1) is 12.6 Å². The first-order chi connectivity index (χ1) is 7.61. The van der Waals surface area contributed by atoms with Crippen LogP contribution in [0.25, 0.3) is 0 Å². The number of amides is 1. The van der Waals surface area contributed by atoms with Crippen molar-refractivity contribution in [2.24, 2.45) is 0 Å². The highest BCUT2D eigenvalue weighted by Gasteiger charge is 2.21. The lowest BCUT2D eigenvalue weighted by Gasteiger charge is -2.29. The minimum atomic E-state index is 0.0783. The van der Waals surface area contributed by atoms with E-state index in [2.05, 4.69) is 17.6 Å². The molecule has 1 rings (SSSR count). The zero-order chi connectivity index (χ0) is 12.0. The fourth-order valence-electron chi connectivity index (χ4n) is 1.96. The van der Waals surface area contributed by atoms with Crippen LogP contribution in [0.2, 0.25) is 0 Å². The topological polar surface area (TPSA) is 50.4 Å². The summed E-state index contributed by atoms with van der Waals surface area (Å²) in [7, 11) is 0. The number of hydrogen-bond donors (Lipinski definition) is 2. The van der Waals surface area contributed by atoms with Crippen molar-refractivity contribution in [3.63, 3.8) is 0 Å². The lowest BCUT2D eigenvalue weighted by atomic mass is 10.0. The van der Waals surface area contributed by atoms with Gasteiger partial charge in [-0.1, -0.05) is 6.92 Å². The highest BCUT2D eigenvalue weighted by atomic mass is 16.5. The van der Waals surface area contributed by atoms with Crippen LogP contribution in [-0.4, -0.2) is 37.2 Å². The van der Waals surface area contributed by atoms with E-state index in [0.717, 1.165) is 25.9 Å². The first-order valence-electron chi connectivity index (χ1n) is 6.26. The van der Waals surface area contributed by atoms with E-state index in [1.165, 1.54) is 0 Å². The summed E-state index contributed by atoms with van der Waals surface area (Å²) < 4.78 is 5.59. The van der Waals surface area contributed by atoms with Gasteiger partial charge in [0, 0.05) is 18.7 Å². The van der Waals surface area contributed by atoms with Gasteiger partial charge in [0.1, 0.15) is 0 Å². The van der Waals surface area contributed by atoms with E-state index < -0.39 is 0 Å². The number of ether oxygens (including phenoxy) is 1. The van der Waals surface area contributed by atoms with Gasteiger partial charge in [-0.3, -0.25) is 4.79 Å². The van der Waals surface area contributed by atoms with Crippen molar-refractivity contribution >= 4 is 5.91 Å². The second kappa shape index (κ2) is 6.86.